The molecule has 28 heavy (non-hydrogen) atoms. The van der Waals surface area contributed by atoms with E-state index in [-0.39, 0.29) is 18.6 Å². The zero-order chi connectivity index (χ0) is 20.3. The maximum Gasteiger partial charge on any atom is 0.348 e. The molecule has 3 rings (SSSR count). The highest BCUT2D eigenvalue weighted by molar-refractivity contribution is 7.20. The third-order valence-electron chi connectivity index (χ3n) is 5.10. The minimum atomic E-state index is -0.298. The highest BCUT2D eigenvalue weighted by Gasteiger charge is 2.29. The molecule has 0 aromatic carbocycles. The largest absolute Gasteiger partial charge is 0.462 e. The molecule has 0 spiro atoms. The SMILES string of the molecule is CCOC(=O)c1sc2nc(CN(C)C)nc(N3CCCCC3CCO)c2c1C. The fourth-order valence-corrected chi connectivity index (χ4v) is 4.93. The molecular weight excluding hydrogens is 376 g/mol. The molecule has 1 N–H and O–H groups in total. The summed E-state index contributed by atoms with van der Waals surface area (Å²) in [4.78, 5) is 27.9. The highest BCUT2D eigenvalue weighted by atomic mass is 32.1. The van der Waals surface area contributed by atoms with Gasteiger partial charge in [0.2, 0.25) is 0 Å². The number of aliphatic hydroxyl groups excluding tert-OH is 1. The van der Waals surface area contributed by atoms with E-state index in [4.69, 9.17) is 14.7 Å². The van der Waals surface area contributed by atoms with Crippen LogP contribution in [0.5, 0.6) is 0 Å². The number of carbonyl (C=O) groups excluding carboxylic acids is 1. The Morgan fingerprint density at radius 2 is 2.14 bits per heavy atom. The smallest absolute Gasteiger partial charge is 0.348 e. The van der Waals surface area contributed by atoms with Crippen LogP contribution in [0.4, 0.5) is 5.82 Å². The molecule has 154 valence electrons. The van der Waals surface area contributed by atoms with Gasteiger partial charge in [0.25, 0.3) is 0 Å². The van der Waals surface area contributed by atoms with Crippen LogP contribution >= 0.6 is 11.3 Å². The Balaban J connectivity index is 2.15. The number of carbonyl (C=O) groups is 1. The monoisotopic (exact) mass is 406 g/mol. The van der Waals surface area contributed by atoms with E-state index < -0.39 is 0 Å². The standard InChI is InChI=1S/C20H30N4O3S/c1-5-27-20(26)17-13(2)16-18(24-10-7-6-8-14(24)9-11-25)21-15(12-23(3)4)22-19(16)28-17/h14,25H,5-12H2,1-4H3. The topological polar surface area (TPSA) is 78.8 Å². The molecule has 0 amide bonds. The minimum absolute atomic E-state index is 0.163. The van der Waals surface area contributed by atoms with Crippen molar-refractivity contribution in [2.45, 2.75) is 52.1 Å². The maximum atomic E-state index is 12.4. The van der Waals surface area contributed by atoms with Crippen LogP contribution in [0.25, 0.3) is 10.2 Å². The van der Waals surface area contributed by atoms with Crippen molar-refractivity contribution in [3.8, 4) is 0 Å². The number of hydrogen-bond donors (Lipinski definition) is 1. The normalized spacial score (nSPS) is 17.5. The summed E-state index contributed by atoms with van der Waals surface area (Å²) in [5.74, 6) is 1.34. The van der Waals surface area contributed by atoms with Gasteiger partial charge in [0.1, 0.15) is 21.3 Å². The van der Waals surface area contributed by atoms with Gasteiger partial charge in [-0.3, -0.25) is 0 Å². The number of thiophene rings is 1. The van der Waals surface area contributed by atoms with Crippen LogP contribution in [0.3, 0.4) is 0 Å². The summed E-state index contributed by atoms with van der Waals surface area (Å²) in [6, 6.07) is 0.259. The fraction of sp³-hybridized carbons (Fsp3) is 0.650. The third kappa shape index (κ3) is 4.29. The van der Waals surface area contributed by atoms with Crippen molar-refractivity contribution in [2.75, 3.05) is 38.8 Å². The summed E-state index contributed by atoms with van der Waals surface area (Å²) in [6.45, 7) is 5.82. The van der Waals surface area contributed by atoms with Crippen LogP contribution < -0.4 is 4.90 Å². The van der Waals surface area contributed by atoms with Gasteiger partial charge in [0.15, 0.2) is 0 Å². The van der Waals surface area contributed by atoms with Gasteiger partial charge in [0.05, 0.1) is 18.5 Å². The first-order valence-corrected chi connectivity index (χ1v) is 10.8. The van der Waals surface area contributed by atoms with Crippen molar-refractivity contribution in [3.05, 3.63) is 16.3 Å². The Bertz CT molecular complexity index is 834. The summed E-state index contributed by atoms with van der Waals surface area (Å²) < 4.78 is 5.25. The van der Waals surface area contributed by atoms with Crippen LogP contribution in [-0.4, -0.2) is 65.8 Å². The van der Waals surface area contributed by atoms with Gasteiger partial charge in [-0.15, -0.1) is 11.3 Å². The predicted octanol–water partition coefficient (Wildman–Crippen LogP) is 2.98. The first-order chi connectivity index (χ1) is 13.5. The molecule has 8 heteroatoms. The van der Waals surface area contributed by atoms with E-state index in [0.29, 0.717) is 18.0 Å². The van der Waals surface area contributed by atoms with Crippen molar-refractivity contribution in [1.82, 2.24) is 14.9 Å². The van der Waals surface area contributed by atoms with Gasteiger partial charge in [-0.2, -0.15) is 0 Å². The highest BCUT2D eigenvalue weighted by Crippen LogP contribution is 2.38. The number of aryl methyl sites for hydroxylation is 1. The molecule has 1 aliphatic rings. The number of esters is 1. The number of anilines is 1. The number of ether oxygens (including phenoxy) is 1. The molecule has 1 aliphatic heterocycles. The number of aromatic nitrogens is 2. The molecule has 2 aromatic rings. The molecule has 0 saturated carbocycles. The Hall–Kier alpha value is -1.77. The predicted molar refractivity (Wildman–Crippen MR) is 112 cm³/mol. The number of rotatable bonds is 7. The van der Waals surface area contributed by atoms with Crippen LogP contribution in [0.2, 0.25) is 0 Å². The first-order valence-electron chi connectivity index (χ1n) is 9.95. The summed E-state index contributed by atoms with van der Waals surface area (Å²) in [7, 11) is 3.98. The number of nitrogens with zero attached hydrogens (tertiary/aromatic N) is 4. The van der Waals surface area contributed by atoms with Crippen molar-refractivity contribution in [2.24, 2.45) is 0 Å². The Morgan fingerprint density at radius 1 is 1.36 bits per heavy atom. The summed E-state index contributed by atoms with van der Waals surface area (Å²) in [5, 5.41) is 10.5. The lowest BCUT2D eigenvalue weighted by molar-refractivity contribution is 0.0531. The van der Waals surface area contributed by atoms with Gasteiger partial charge in [0, 0.05) is 19.2 Å². The zero-order valence-corrected chi connectivity index (χ0v) is 18.0. The Labute approximate surface area is 170 Å². The van der Waals surface area contributed by atoms with Crippen molar-refractivity contribution in [1.29, 1.82) is 0 Å². The summed E-state index contributed by atoms with van der Waals surface area (Å²) in [5.41, 5.74) is 0.887. The van der Waals surface area contributed by atoms with E-state index in [1.807, 2.05) is 32.8 Å². The van der Waals surface area contributed by atoms with E-state index in [0.717, 1.165) is 59.7 Å². The summed E-state index contributed by atoms with van der Waals surface area (Å²) >= 11 is 1.39. The maximum absolute atomic E-state index is 12.4. The second-order valence-electron chi connectivity index (χ2n) is 7.51. The number of fused-ring (bicyclic) bond motifs is 1. The minimum Gasteiger partial charge on any atom is -0.462 e. The molecule has 2 aromatic heterocycles. The van der Waals surface area contributed by atoms with Gasteiger partial charge in [-0.05, 0) is 59.2 Å². The molecule has 3 heterocycles. The zero-order valence-electron chi connectivity index (χ0n) is 17.2. The van der Waals surface area contributed by atoms with Crippen molar-refractivity contribution < 1.29 is 14.6 Å². The van der Waals surface area contributed by atoms with E-state index in [9.17, 15) is 9.90 Å². The number of aliphatic hydroxyl groups is 1. The number of piperidine rings is 1. The van der Waals surface area contributed by atoms with Gasteiger partial charge in [-0.25, -0.2) is 14.8 Å². The van der Waals surface area contributed by atoms with Crippen LogP contribution in [0.1, 0.15) is 53.7 Å². The molecule has 1 saturated heterocycles. The fourth-order valence-electron chi connectivity index (χ4n) is 3.84. The Morgan fingerprint density at radius 3 is 2.82 bits per heavy atom. The first kappa shape index (κ1) is 21.0. The molecule has 1 unspecified atom stereocenters. The average molecular weight is 407 g/mol. The lowest BCUT2D eigenvalue weighted by Gasteiger charge is -2.37. The molecular formula is C20H30N4O3S. The Kier molecular flexibility index (Phi) is 6.85. The van der Waals surface area contributed by atoms with E-state index in [2.05, 4.69) is 4.90 Å². The average Bonchev–Trinajstić information content (AvgIpc) is 2.98. The molecule has 0 radical (unpaired) electrons. The quantitative estimate of drug-likeness (QED) is 0.708. The summed E-state index contributed by atoms with van der Waals surface area (Å²) in [6.07, 6.45) is 4.03. The van der Waals surface area contributed by atoms with Crippen molar-refractivity contribution >= 4 is 33.3 Å². The van der Waals surface area contributed by atoms with Crippen LogP contribution in [0.15, 0.2) is 0 Å². The molecule has 1 fully saturated rings. The van der Waals surface area contributed by atoms with Gasteiger partial charge >= 0.3 is 5.97 Å². The van der Waals surface area contributed by atoms with E-state index >= 15 is 0 Å². The van der Waals surface area contributed by atoms with Crippen molar-refractivity contribution in [3.63, 3.8) is 0 Å². The second kappa shape index (κ2) is 9.15. The lowest BCUT2D eigenvalue weighted by atomic mass is 9.99. The van der Waals surface area contributed by atoms with E-state index in [1.165, 1.54) is 11.3 Å². The van der Waals surface area contributed by atoms with E-state index in [1.54, 1.807) is 0 Å². The third-order valence-corrected chi connectivity index (χ3v) is 6.26. The number of hydrogen-bond acceptors (Lipinski definition) is 8. The lowest BCUT2D eigenvalue weighted by Crippen LogP contribution is -2.41. The molecule has 1 atom stereocenters. The molecule has 0 bridgehead atoms. The second-order valence-corrected chi connectivity index (χ2v) is 8.51. The molecule has 0 aliphatic carbocycles. The van der Waals surface area contributed by atoms with Crippen LogP contribution in [0, 0.1) is 6.92 Å². The molecule has 7 nitrogen and oxygen atoms in total. The van der Waals surface area contributed by atoms with Gasteiger partial charge in [-0.1, -0.05) is 0 Å². The van der Waals surface area contributed by atoms with Crippen LogP contribution in [-0.2, 0) is 11.3 Å². The van der Waals surface area contributed by atoms with Gasteiger partial charge < -0.3 is 19.6 Å².